The van der Waals surface area contributed by atoms with E-state index in [0.717, 1.165) is 49.2 Å². The minimum absolute atomic E-state index is 0.339. The Morgan fingerprint density at radius 1 is 1.14 bits per heavy atom. The monoisotopic (exact) mass is 391 g/mol. The number of aromatic nitrogens is 6. The van der Waals surface area contributed by atoms with Gasteiger partial charge >= 0.3 is 0 Å². The van der Waals surface area contributed by atoms with Crippen molar-refractivity contribution in [2.75, 3.05) is 18.0 Å². The van der Waals surface area contributed by atoms with E-state index in [0.29, 0.717) is 23.4 Å². The molecule has 1 fully saturated rings. The second-order valence-corrected chi connectivity index (χ2v) is 7.11. The van der Waals surface area contributed by atoms with Crippen LogP contribution in [0.1, 0.15) is 28.9 Å². The first-order chi connectivity index (χ1) is 14.2. The molecule has 0 atom stereocenters. The summed E-state index contributed by atoms with van der Waals surface area (Å²) in [6, 6.07) is 5.29. The molecule has 0 saturated carbocycles. The van der Waals surface area contributed by atoms with Gasteiger partial charge < -0.3 is 9.30 Å². The number of fused-ring (bicyclic) bond motifs is 1. The Labute approximate surface area is 165 Å². The van der Waals surface area contributed by atoms with Crippen molar-refractivity contribution < 1.29 is 9.18 Å². The molecule has 29 heavy (non-hydrogen) atoms. The number of pyridine rings is 2. The lowest BCUT2D eigenvalue weighted by molar-refractivity contribution is 0.112. The van der Waals surface area contributed by atoms with Crippen LogP contribution in [0.25, 0.3) is 16.9 Å². The zero-order valence-corrected chi connectivity index (χ0v) is 15.6. The average molecular weight is 391 g/mol. The molecule has 0 amide bonds. The second-order valence-electron chi connectivity index (χ2n) is 7.11. The van der Waals surface area contributed by atoms with Crippen molar-refractivity contribution in [3.8, 4) is 11.3 Å². The fraction of sp³-hybridized carbons (Fsp3) is 0.250. The van der Waals surface area contributed by atoms with Gasteiger partial charge in [0.1, 0.15) is 11.3 Å². The number of hydrogen-bond donors (Lipinski definition) is 0. The van der Waals surface area contributed by atoms with Crippen molar-refractivity contribution in [2.45, 2.75) is 19.4 Å². The van der Waals surface area contributed by atoms with E-state index in [1.54, 1.807) is 45.9 Å². The predicted octanol–water partition coefficient (Wildman–Crippen LogP) is 2.59. The topological polar surface area (TPSA) is 81.2 Å². The zero-order chi connectivity index (χ0) is 19.8. The molecule has 4 aromatic heterocycles. The van der Waals surface area contributed by atoms with Gasteiger partial charge in [0.2, 0.25) is 5.95 Å². The maximum atomic E-state index is 14.3. The fourth-order valence-electron chi connectivity index (χ4n) is 3.64. The summed E-state index contributed by atoms with van der Waals surface area (Å²) in [6.07, 6.45) is 9.87. The maximum absolute atomic E-state index is 14.3. The molecule has 0 bridgehead atoms. The largest absolute Gasteiger partial charge is 0.370 e. The Morgan fingerprint density at radius 2 is 2.00 bits per heavy atom. The second kappa shape index (κ2) is 7.08. The number of carbonyl (C=O) groups is 1. The third-order valence-electron chi connectivity index (χ3n) is 5.09. The number of aldehydes is 1. The predicted molar refractivity (Wildman–Crippen MR) is 104 cm³/mol. The van der Waals surface area contributed by atoms with Crippen LogP contribution in [0.4, 0.5) is 10.1 Å². The lowest BCUT2D eigenvalue weighted by Crippen LogP contribution is -2.18. The summed E-state index contributed by atoms with van der Waals surface area (Å²) < 4.78 is 17.7. The van der Waals surface area contributed by atoms with E-state index in [2.05, 4.69) is 25.2 Å². The van der Waals surface area contributed by atoms with E-state index in [1.165, 1.54) is 0 Å². The van der Waals surface area contributed by atoms with E-state index in [4.69, 9.17) is 0 Å². The van der Waals surface area contributed by atoms with Gasteiger partial charge in [-0.3, -0.25) is 4.79 Å². The summed E-state index contributed by atoms with van der Waals surface area (Å²) in [7, 11) is 0. The molecule has 0 radical (unpaired) electrons. The molecule has 0 N–H and O–H groups in total. The minimum atomic E-state index is -0.561. The molecule has 0 spiro atoms. The number of halogens is 1. The van der Waals surface area contributed by atoms with Crippen molar-refractivity contribution >= 4 is 17.6 Å². The maximum Gasteiger partial charge on any atom is 0.222 e. The molecular weight excluding hydrogens is 373 g/mol. The smallest absolute Gasteiger partial charge is 0.222 e. The van der Waals surface area contributed by atoms with E-state index in [1.807, 2.05) is 6.20 Å². The van der Waals surface area contributed by atoms with Gasteiger partial charge in [-0.2, -0.15) is 4.39 Å². The summed E-state index contributed by atoms with van der Waals surface area (Å²) in [5.74, 6) is -0.561. The van der Waals surface area contributed by atoms with Crippen molar-refractivity contribution in [3.05, 3.63) is 60.2 Å². The molecule has 5 heterocycles. The number of carbonyl (C=O) groups excluding carboxylic acids is 1. The average Bonchev–Trinajstić information content (AvgIpc) is 3.48. The van der Waals surface area contributed by atoms with Crippen LogP contribution in [-0.2, 0) is 6.54 Å². The standard InChI is InChI=1S/C20H18FN7O/c21-20-17(7-16(8-22-20)26-5-1-2-6-26)18-12-28(25-24-18)11-15-10-27-9-14(13-29)3-4-19(27)23-15/h3-4,7-10,12-13H,1-2,5-6,11H2. The third-order valence-corrected chi connectivity index (χ3v) is 5.09. The number of imidazole rings is 1. The van der Waals surface area contributed by atoms with Crippen molar-refractivity contribution in [1.29, 1.82) is 0 Å². The van der Waals surface area contributed by atoms with E-state index < -0.39 is 5.95 Å². The first-order valence-electron chi connectivity index (χ1n) is 9.43. The van der Waals surface area contributed by atoms with Crippen molar-refractivity contribution in [3.63, 3.8) is 0 Å². The highest BCUT2D eigenvalue weighted by atomic mass is 19.1. The first kappa shape index (κ1) is 17.5. The lowest BCUT2D eigenvalue weighted by Gasteiger charge is -2.17. The molecular formula is C20H18FN7O. The Balaban J connectivity index is 1.41. The molecule has 5 rings (SSSR count). The van der Waals surface area contributed by atoms with E-state index in [-0.39, 0.29) is 0 Å². The SMILES string of the molecule is O=Cc1ccc2nc(Cn3cc(-c4cc(N5CCCC5)cnc4F)nn3)cn2c1. The quantitative estimate of drug-likeness (QED) is 0.384. The van der Waals surface area contributed by atoms with Gasteiger partial charge in [0.15, 0.2) is 6.29 Å². The Hall–Kier alpha value is -3.62. The van der Waals surface area contributed by atoms with Gasteiger partial charge in [-0.1, -0.05) is 5.21 Å². The van der Waals surface area contributed by atoms with Crippen LogP contribution in [0.15, 0.2) is 43.0 Å². The highest BCUT2D eigenvalue weighted by molar-refractivity contribution is 5.74. The Bertz CT molecular complexity index is 1190. The van der Waals surface area contributed by atoms with Crippen molar-refractivity contribution in [1.82, 2.24) is 29.4 Å². The van der Waals surface area contributed by atoms with Gasteiger partial charge in [-0.25, -0.2) is 14.6 Å². The van der Waals surface area contributed by atoms with Gasteiger partial charge in [-0.05, 0) is 31.0 Å². The molecule has 8 nitrogen and oxygen atoms in total. The van der Waals surface area contributed by atoms with Crippen LogP contribution >= 0.6 is 0 Å². The molecule has 146 valence electrons. The van der Waals surface area contributed by atoms with Crippen LogP contribution in [0.3, 0.4) is 0 Å². The van der Waals surface area contributed by atoms with Gasteiger partial charge in [0.05, 0.1) is 35.9 Å². The summed E-state index contributed by atoms with van der Waals surface area (Å²) in [5, 5.41) is 8.24. The molecule has 1 saturated heterocycles. The van der Waals surface area contributed by atoms with Crippen LogP contribution in [-0.4, -0.2) is 48.7 Å². The molecule has 9 heteroatoms. The molecule has 1 aliphatic rings. The molecule has 4 aromatic rings. The number of rotatable bonds is 5. The number of anilines is 1. The fourth-order valence-corrected chi connectivity index (χ4v) is 3.64. The summed E-state index contributed by atoms with van der Waals surface area (Å²) in [5.41, 5.74) is 3.74. The number of nitrogens with zero attached hydrogens (tertiary/aromatic N) is 7. The molecule has 0 aromatic carbocycles. The van der Waals surface area contributed by atoms with Gasteiger partial charge in [-0.15, -0.1) is 5.10 Å². The summed E-state index contributed by atoms with van der Waals surface area (Å²) in [4.78, 5) is 21.5. The highest BCUT2D eigenvalue weighted by Crippen LogP contribution is 2.26. The highest BCUT2D eigenvalue weighted by Gasteiger charge is 2.17. The van der Waals surface area contributed by atoms with E-state index in [9.17, 15) is 9.18 Å². The Morgan fingerprint density at radius 3 is 2.83 bits per heavy atom. The molecule has 1 aliphatic heterocycles. The Kier molecular flexibility index (Phi) is 4.27. The van der Waals surface area contributed by atoms with Crippen LogP contribution < -0.4 is 4.90 Å². The van der Waals surface area contributed by atoms with Crippen LogP contribution in [0.2, 0.25) is 0 Å². The van der Waals surface area contributed by atoms with Crippen LogP contribution in [0, 0.1) is 5.95 Å². The lowest BCUT2D eigenvalue weighted by atomic mass is 10.2. The van der Waals surface area contributed by atoms with Gasteiger partial charge in [0.25, 0.3) is 0 Å². The molecule has 0 aliphatic carbocycles. The van der Waals surface area contributed by atoms with Gasteiger partial charge in [0, 0.05) is 31.0 Å². The van der Waals surface area contributed by atoms with Crippen LogP contribution in [0.5, 0.6) is 0 Å². The van der Waals surface area contributed by atoms with E-state index >= 15 is 0 Å². The summed E-state index contributed by atoms with van der Waals surface area (Å²) >= 11 is 0. The molecule has 0 unspecified atom stereocenters. The third kappa shape index (κ3) is 3.35. The zero-order valence-electron chi connectivity index (χ0n) is 15.6. The summed E-state index contributed by atoms with van der Waals surface area (Å²) in [6.45, 7) is 2.30. The number of hydrogen-bond acceptors (Lipinski definition) is 6. The first-order valence-corrected chi connectivity index (χ1v) is 9.43. The van der Waals surface area contributed by atoms with Crippen molar-refractivity contribution in [2.24, 2.45) is 0 Å². The normalized spacial score (nSPS) is 14.0. The minimum Gasteiger partial charge on any atom is -0.370 e.